The van der Waals surface area contributed by atoms with Gasteiger partial charge in [0.2, 0.25) is 0 Å². The summed E-state index contributed by atoms with van der Waals surface area (Å²) in [6.45, 7) is 2.34. The van der Waals surface area contributed by atoms with Crippen LogP contribution in [0.2, 0.25) is 5.02 Å². The number of ketones is 1. The van der Waals surface area contributed by atoms with Crippen LogP contribution < -0.4 is 9.47 Å². The summed E-state index contributed by atoms with van der Waals surface area (Å²) in [6.07, 6.45) is 0.688. The van der Waals surface area contributed by atoms with E-state index in [1.165, 1.54) is 42.6 Å². The third-order valence-corrected chi connectivity index (χ3v) is 5.77. The summed E-state index contributed by atoms with van der Waals surface area (Å²) in [5, 5.41) is 13.3. The zero-order chi connectivity index (χ0) is 20.4. The Labute approximate surface area is 171 Å². The second-order valence-electron chi connectivity index (χ2n) is 6.19. The number of aliphatic hydroxyl groups excluding tert-OH is 1. The highest BCUT2D eigenvalue weighted by Gasteiger charge is 2.46. The molecule has 3 rings (SSSR count). The fourth-order valence-corrected chi connectivity index (χ4v) is 4.36. The fourth-order valence-electron chi connectivity index (χ4n) is 3.28. The van der Waals surface area contributed by atoms with Crippen molar-refractivity contribution in [2.75, 3.05) is 20.8 Å². The third kappa shape index (κ3) is 3.36. The highest BCUT2D eigenvalue weighted by molar-refractivity contribution is 7.10. The number of hydrogen-bond donors (Lipinski definition) is 1. The Kier molecular flexibility index (Phi) is 5.96. The number of thiophene rings is 1. The van der Waals surface area contributed by atoms with Crippen LogP contribution in [0.5, 0.6) is 11.5 Å². The number of amides is 1. The van der Waals surface area contributed by atoms with Crippen molar-refractivity contribution < 1.29 is 24.2 Å². The lowest BCUT2D eigenvalue weighted by atomic mass is 9.99. The van der Waals surface area contributed by atoms with E-state index in [9.17, 15) is 14.7 Å². The average Bonchev–Trinajstić information content (AvgIpc) is 3.30. The second kappa shape index (κ2) is 8.24. The highest BCUT2D eigenvalue weighted by atomic mass is 35.5. The molecule has 2 heterocycles. The van der Waals surface area contributed by atoms with Crippen LogP contribution in [0.15, 0.2) is 35.2 Å². The topological polar surface area (TPSA) is 76.1 Å². The number of ether oxygens (including phenoxy) is 2. The summed E-state index contributed by atoms with van der Waals surface area (Å²) in [5.41, 5.74) is 0.267. The van der Waals surface area contributed by atoms with Gasteiger partial charge in [0.15, 0.2) is 0 Å². The zero-order valence-electron chi connectivity index (χ0n) is 15.7. The number of Topliss-reactive ketones (excluding diaryl/α,β-unsaturated/α-hetero) is 1. The summed E-state index contributed by atoms with van der Waals surface area (Å²) >= 11 is 7.56. The van der Waals surface area contributed by atoms with Gasteiger partial charge in [-0.25, -0.2) is 0 Å². The Hall–Kier alpha value is -2.51. The highest BCUT2D eigenvalue weighted by Crippen LogP contribution is 2.44. The van der Waals surface area contributed by atoms with Gasteiger partial charge in [0.25, 0.3) is 11.7 Å². The van der Waals surface area contributed by atoms with E-state index in [1.54, 1.807) is 0 Å². The molecule has 148 valence electrons. The van der Waals surface area contributed by atoms with Gasteiger partial charge in [0.05, 0.1) is 36.4 Å². The number of carbonyl (C=O) groups excluding carboxylic acids is 2. The first kappa shape index (κ1) is 20.2. The summed E-state index contributed by atoms with van der Waals surface area (Å²) in [4.78, 5) is 27.8. The van der Waals surface area contributed by atoms with Crippen LogP contribution in [0.25, 0.3) is 5.76 Å². The zero-order valence-corrected chi connectivity index (χ0v) is 17.3. The predicted octanol–water partition coefficient (Wildman–Crippen LogP) is 4.25. The van der Waals surface area contributed by atoms with E-state index in [-0.39, 0.29) is 22.6 Å². The maximum absolute atomic E-state index is 12.8. The van der Waals surface area contributed by atoms with Crippen LogP contribution in [0.3, 0.4) is 0 Å². The number of likely N-dealkylation sites (tertiary alicyclic amines) is 1. The van der Waals surface area contributed by atoms with Crippen molar-refractivity contribution in [1.82, 2.24) is 4.90 Å². The minimum absolute atomic E-state index is 0.0311. The molecule has 1 aliphatic rings. The maximum Gasteiger partial charge on any atom is 0.295 e. The Balaban J connectivity index is 2.24. The van der Waals surface area contributed by atoms with Crippen molar-refractivity contribution in [3.63, 3.8) is 0 Å². The third-order valence-electron chi connectivity index (χ3n) is 4.55. The van der Waals surface area contributed by atoms with E-state index in [0.717, 1.165) is 4.88 Å². The van der Waals surface area contributed by atoms with Crippen LogP contribution in [-0.4, -0.2) is 42.5 Å². The Morgan fingerprint density at radius 2 is 1.96 bits per heavy atom. The van der Waals surface area contributed by atoms with E-state index in [2.05, 4.69) is 0 Å². The van der Waals surface area contributed by atoms with Crippen molar-refractivity contribution in [1.29, 1.82) is 0 Å². The molecule has 1 amide bonds. The lowest BCUT2D eigenvalue weighted by Gasteiger charge is -2.23. The summed E-state index contributed by atoms with van der Waals surface area (Å²) in [6, 6.07) is 6.04. The Morgan fingerprint density at radius 3 is 2.54 bits per heavy atom. The number of nitrogens with zero attached hydrogens (tertiary/aromatic N) is 1. The molecular formula is C20H20ClNO5S. The normalized spacial score (nSPS) is 18.6. The monoisotopic (exact) mass is 421 g/mol. The van der Waals surface area contributed by atoms with Crippen molar-refractivity contribution in [3.05, 3.63) is 50.7 Å². The Morgan fingerprint density at radius 1 is 1.25 bits per heavy atom. The van der Waals surface area contributed by atoms with Crippen LogP contribution in [0.4, 0.5) is 0 Å². The molecule has 1 N–H and O–H groups in total. The van der Waals surface area contributed by atoms with E-state index in [4.69, 9.17) is 21.1 Å². The SMILES string of the molecule is CCCN1C(=O)C(=O)/C(=C(/O)c2cc(OC)c(Cl)cc2OC)C1c1cccs1. The van der Waals surface area contributed by atoms with Crippen molar-refractivity contribution in [2.24, 2.45) is 0 Å². The molecule has 0 aliphatic carbocycles. The number of aliphatic hydroxyl groups is 1. The Bertz CT molecular complexity index is 938. The number of rotatable bonds is 6. The smallest absolute Gasteiger partial charge is 0.295 e. The molecular weight excluding hydrogens is 402 g/mol. The molecule has 0 radical (unpaired) electrons. The quantitative estimate of drug-likeness (QED) is 0.428. The standard InChI is InChI=1S/C20H20ClNO5S/c1-4-7-22-17(15-6-5-8-28-15)16(19(24)20(22)25)18(23)11-9-14(27-3)12(21)10-13(11)26-2/h5-6,8-10,17,23H,4,7H2,1-3H3/b18-16+. The number of benzene rings is 1. The fraction of sp³-hybridized carbons (Fsp3) is 0.300. The van der Waals surface area contributed by atoms with E-state index in [1.807, 2.05) is 24.4 Å². The molecule has 0 spiro atoms. The minimum atomic E-state index is -0.722. The van der Waals surface area contributed by atoms with Gasteiger partial charge in [0, 0.05) is 17.5 Å². The second-order valence-corrected chi connectivity index (χ2v) is 7.58. The molecule has 28 heavy (non-hydrogen) atoms. The van der Waals surface area contributed by atoms with E-state index in [0.29, 0.717) is 23.7 Å². The molecule has 6 nitrogen and oxygen atoms in total. The summed E-state index contributed by atoms with van der Waals surface area (Å²) in [7, 11) is 2.88. The van der Waals surface area contributed by atoms with Crippen molar-refractivity contribution in [2.45, 2.75) is 19.4 Å². The molecule has 8 heteroatoms. The van der Waals surface area contributed by atoms with Gasteiger partial charge in [-0.05, 0) is 23.9 Å². The maximum atomic E-state index is 12.8. The van der Waals surface area contributed by atoms with Gasteiger partial charge in [0.1, 0.15) is 17.3 Å². The predicted molar refractivity (Wildman–Crippen MR) is 108 cm³/mol. The van der Waals surface area contributed by atoms with Crippen molar-refractivity contribution in [3.8, 4) is 11.5 Å². The molecule has 2 aromatic rings. The molecule has 1 aromatic heterocycles. The first-order valence-corrected chi connectivity index (χ1v) is 9.94. The molecule has 1 aliphatic heterocycles. The molecule has 0 bridgehead atoms. The van der Waals surface area contributed by atoms with Gasteiger partial charge >= 0.3 is 0 Å². The number of carbonyl (C=O) groups is 2. The number of hydrogen-bond acceptors (Lipinski definition) is 6. The summed E-state index contributed by atoms with van der Waals surface area (Å²) in [5.74, 6) is -1.07. The molecule has 1 unspecified atom stereocenters. The molecule has 1 fully saturated rings. The van der Waals surface area contributed by atoms with Gasteiger partial charge in [-0.2, -0.15) is 0 Å². The van der Waals surface area contributed by atoms with Crippen LogP contribution in [-0.2, 0) is 9.59 Å². The van der Waals surface area contributed by atoms with Crippen LogP contribution >= 0.6 is 22.9 Å². The van der Waals surface area contributed by atoms with Crippen molar-refractivity contribution >= 4 is 40.4 Å². The van der Waals surface area contributed by atoms with Crippen LogP contribution in [0, 0.1) is 0 Å². The number of halogens is 1. The average molecular weight is 422 g/mol. The van der Waals surface area contributed by atoms with Gasteiger partial charge in [-0.1, -0.05) is 24.6 Å². The van der Waals surface area contributed by atoms with E-state index >= 15 is 0 Å². The first-order valence-electron chi connectivity index (χ1n) is 8.68. The first-order chi connectivity index (χ1) is 13.4. The van der Waals surface area contributed by atoms with Gasteiger partial charge in [-0.3, -0.25) is 9.59 Å². The minimum Gasteiger partial charge on any atom is -0.507 e. The van der Waals surface area contributed by atoms with E-state index < -0.39 is 17.7 Å². The molecule has 1 atom stereocenters. The molecule has 1 saturated heterocycles. The van der Waals surface area contributed by atoms with Crippen LogP contribution in [0.1, 0.15) is 29.8 Å². The largest absolute Gasteiger partial charge is 0.507 e. The van der Waals surface area contributed by atoms with Gasteiger partial charge < -0.3 is 19.5 Å². The molecule has 1 aromatic carbocycles. The van der Waals surface area contributed by atoms with Gasteiger partial charge in [-0.15, -0.1) is 11.3 Å². The lowest BCUT2D eigenvalue weighted by molar-refractivity contribution is -0.139. The lowest BCUT2D eigenvalue weighted by Crippen LogP contribution is -2.30. The number of methoxy groups -OCH3 is 2. The molecule has 0 saturated carbocycles. The summed E-state index contributed by atoms with van der Waals surface area (Å²) < 4.78 is 10.6.